The number of piperazine rings is 1. The van der Waals surface area contributed by atoms with Crippen molar-refractivity contribution in [3.63, 3.8) is 0 Å². The standard InChI is InChI=1S/C15H16ClFN4O3S/c1-19-10-18-14(13(19)16)25(23,24)21-8-6-20(7-9-21)15(22)11-2-4-12(17)5-3-11/h2-5,10H,6-9H2,1H3. The number of carbonyl (C=O) groups is 1. The van der Waals surface area contributed by atoms with Crippen molar-refractivity contribution in [1.82, 2.24) is 18.8 Å². The Morgan fingerprint density at radius 1 is 1.16 bits per heavy atom. The molecule has 0 spiro atoms. The van der Waals surface area contributed by atoms with E-state index in [0.717, 1.165) is 0 Å². The summed E-state index contributed by atoms with van der Waals surface area (Å²) in [6.07, 6.45) is 1.34. The third-order valence-corrected chi connectivity index (χ3v) is 6.43. The molecule has 10 heteroatoms. The summed E-state index contributed by atoms with van der Waals surface area (Å²) < 4.78 is 40.9. The van der Waals surface area contributed by atoms with Crippen LogP contribution in [0.25, 0.3) is 0 Å². The molecule has 1 aromatic heterocycles. The maximum atomic E-state index is 13.0. The highest BCUT2D eigenvalue weighted by Crippen LogP contribution is 2.23. The topological polar surface area (TPSA) is 75.5 Å². The van der Waals surface area contributed by atoms with Gasteiger partial charge in [-0.25, -0.2) is 17.8 Å². The van der Waals surface area contributed by atoms with E-state index >= 15 is 0 Å². The first-order valence-electron chi connectivity index (χ1n) is 7.52. The Labute approximate surface area is 149 Å². The summed E-state index contributed by atoms with van der Waals surface area (Å²) in [5, 5.41) is -0.139. The number of benzene rings is 1. The number of carbonyl (C=O) groups excluding carboxylic acids is 1. The predicted octanol–water partition coefficient (Wildman–Crippen LogP) is 1.36. The molecular weight excluding hydrogens is 371 g/mol. The normalized spacial score (nSPS) is 16.2. The highest BCUT2D eigenvalue weighted by Gasteiger charge is 2.33. The van der Waals surface area contributed by atoms with Crippen molar-refractivity contribution in [1.29, 1.82) is 0 Å². The molecule has 7 nitrogen and oxygen atoms in total. The van der Waals surface area contributed by atoms with Crippen LogP contribution in [-0.2, 0) is 17.1 Å². The summed E-state index contributed by atoms with van der Waals surface area (Å²) >= 11 is 5.98. The minimum atomic E-state index is -3.81. The number of aryl methyl sites for hydroxylation is 1. The van der Waals surface area contributed by atoms with Crippen LogP contribution in [0.1, 0.15) is 10.4 Å². The molecule has 0 bridgehead atoms. The zero-order valence-electron chi connectivity index (χ0n) is 13.4. The van der Waals surface area contributed by atoms with Crippen molar-refractivity contribution in [3.8, 4) is 0 Å². The van der Waals surface area contributed by atoms with Crippen molar-refractivity contribution in [3.05, 3.63) is 47.1 Å². The third kappa shape index (κ3) is 3.39. The molecule has 1 saturated heterocycles. The fraction of sp³-hybridized carbons (Fsp3) is 0.333. The van der Waals surface area contributed by atoms with Gasteiger partial charge in [0.2, 0.25) is 5.03 Å². The Morgan fingerprint density at radius 2 is 1.76 bits per heavy atom. The van der Waals surface area contributed by atoms with E-state index in [-0.39, 0.29) is 42.3 Å². The molecule has 134 valence electrons. The van der Waals surface area contributed by atoms with Crippen LogP contribution in [-0.4, -0.2) is 59.3 Å². The number of imidazole rings is 1. The number of amides is 1. The van der Waals surface area contributed by atoms with E-state index in [1.807, 2.05) is 0 Å². The number of hydrogen-bond acceptors (Lipinski definition) is 4. The smallest absolute Gasteiger partial charge is 0.263 e. The maximum Gasteiger partial charge on any atom is 0.263 e. The Balaban J connectivity index is 1.70. The molecule has 0 atom stereocenters. The summed E-state index contributed by atoms with van der Waals surface area (Å²) in [7, 11) is -2.20. The van der Waals surface area contributed by atoms with Crippen LogP contribution >= 0.6 is 11.6 Å². The van der Waals surface area contributed by atoms with Gasteiger partial charge in [0, 0.05) is 38.8 Å². The molecular formula is C15H16ClFN4O3S. The highest BCUT2D eigenvalue weighted by molar-refractivity contribution is 7.89. The van der Waals surface area contributed by atoms with Crippen LogP contribution in [0.4, 0.5) is 4.39 Å². The molecule has 0 N–H and O–H groups in total. The van der Waals surface area contributed by atoms with E-state index in [1.54, 1.807) is 11.9 Å². The van der Waals surface area contributed by atoms with Gasteiger partial charge in [0.1, 0.15) is 11.0 Å². The van der Waals surface area contributed by atoms with Crippen LogP contribution in [0.5, 0.6) is 0 Å². The molecule has 0 saturated carbocycles. The Morgan fingerprint density at radius 3 is 2.28 bits per heavy atom. The quantitative estimate of drug-likeness (QED) is 0.798. The van der Waals surface area contributed by atoms with Gasteiger partial charge in [-0.2, -0.15) is 4.31 Å². The second kappa shape index (κ2) is 6.74. The third-order valence-electron chi connectivity index (χ3n) is 4.04. The zero-order valence-corrected chi connectivity index (χ0v) is 15.0. The molecule has 1 aliphatic rings. The summed E-state index contributed by atoms with van der Waals surface area (Å²) in [6.45, 7) is 0.754. The van der Waals surface area contributed by atoms with Crippen molar-refractivity contribution >= 4 is 27.5 Å². The Bertz CT molecular complexity index is 890. The van der Waals surface area contributed by atoms with Crippen LogP contribution < -0.4 is 0 Å². The van der Waals surface area contributed by atoms with E-state index < -0.39 is 15.8 Å². The van der Waals surface area contributed by atoms with Gasteiger partial charge in [0.15, 0.2) is 0 Å². The summed E-state index contributed by atoms with van der Waals surface area (Å²) in [5.41, 5.74) is 0.366. The lowest BCUT2D eigenvalue weighted by atomic mass is 10.2. The van der Waals surface area contributed by atoms with Crippen LogP contribution in [0.3, 0.4) is 0 Å². The fourth-order valence-corrected chi connectivity index (χ4v) is 4.41. The van der Waals surface area contributed by atoms with E-state index in [2.05, 4.69) is 4.98 Å². The lowest BCUT2D eigenvalue weighted by molar-refractivity contribution is 0.0697. The summed E-state index contributed by atoms with van der Waals surface area (Å²) in [4.78, 5) is 17.8. The molecule has 1 fully saturated rings. The van der Waals surface area contributed by atoms with E-state index in [9.17, 15) is 17.6 Å². The summed E-state index contributed by atoms with van der Waals surface area (Å²) in [6, 6.07) is 5.26. The number of halogens is 2. The van der Waals surface area contributed by atoms with E-state index in [1.165, 1.54) is 39.5 Å². The Hall–Kier alpha value is -1.97. The van der Waals surface area contributed by atoms with Gasteiger partial charge in [-0.3, -0.25) is 4.79 Å². The number of sulfonamides is 1. The van der Waals surface area contributed by atoms with Crippen LogP contribution in [0.2, 0.25) is 5.15 Å². The van der Waals surface area contributed by atoms with Crippen LogP contribution in [0.15, 0.2) is 35.6 Å². The number of rotatable bonds is 3. The highest BCUT2D eigenvalue weighted by atomic mass is 35.5. The van der Waals surface area contributed by atoms with Crippen molar-refractivity contribution in [2.24, 2.45) is 7.05 Å². The van der Waals surface area contributed by atoms with E-state index in [4.69, 9.17) is 11.6 Å². The average Bonchev–Trinajstić information content (AvgIpc) is 2.95. The van der Waals surface area contributed by atoms with Gasteiger partial charge in [-0.15, -0.1) is 0 Å². The van der Waals surface area contributed by atoms with Gasteiger partial charge in [-0.05, 0) is 24.3 Å². The Kier molecular flexibility index (Phi) is 4.81. The molecule has 2 aromatic rings. The average molecular weight is 387 g/mol. The molecule has 0 unspecified atom stereocenters. The van der Waals surface area contributed by atoms with Crippen molar-refractivity contribution in [2.45, 2.75) is 5.03 Å². The second-order valence-electron chi connectivity index (χ2n) is 5.65. The first-order chi connectivity index (χ1) is 11.8. The molecule has 2 heterocycles. The zero-order chi connectivity index (χ0) is 18.2. The lowest BCUT2D eigenvalue weighted by Crippen LogP contribution is -2.50. The fourth-order valence-electron chi connectivity index (χ4n) is 2.60. The van der Waals surface area contributed by atoms with Gasteiger partial charge in [-0.1, -0.05) is 11.6 Å². The van der Waals surface area contributed by atoms with Gasteiger partial charge < -0.3 is 9.47 Å². The van der Waals surface area contributed by atoms with Gasteiger partial charge in [0.25, 0.3) is 15.9 Å². The van der Waals surface area contributed by atoms with Crippen molar-refractivity contribution < 1.29 is 17.6 Å². The largest absolute Gasteiger partial charge is 0.336 e. The molecule has 1 amide bonds. The second-order valence-corrected chi connectivity index (χ2v) is 7.87. The van der Waals surface area contributed by atoms with Gasteiger partial charge >= 0.3 is 0 Å². The first kappa shape index (κ1) is 17.8. The molecule has 3 rings (SSSR count). The minimum Gasteiger partial charge on any atom is -0.336 e. The monoisotopic (exact) mass is 386 g/mol. The molecule has 1 aliphatic heterocycles. The van der Waals surface area contributed by atoms with Crippen molar-refractivity contribution in [2.75, 3.05) is 26.2 Å². The number of nitrogens with zero attached hydrogens (tertiary/aromatic N) is 4. The first-order valence-corrected chi connectivity index (χ1v) is 9.34. The molecule has 25 heavy (non-hydrogen) atoms. The maximum absolute atomic E-state index is 13.0. The van der Waals surface area contributed by atoms with E-state index in [0.29, 0.717) is 5.56 Å². The lowest BCUT2D eigenvalue weighted by Gasteiger charge is -2.33. The number of aromatic nitrogens is 2. The summed E-state index contributed by atoms with van der Waals surface area (Å²) in [5.74, 6) is -0.674. The predicted molar refractivity (Wildman–Crippen MR) is 89.3 cm³/mol. The molecule has 0 radical (unpaired) electrons. The molecule has 0 aliphatic carbocycles. The number of hydrogen-bond donors (Lipinski definition) is 0. The molecule has 1 aromatic carbocycles. The SMILES string of the molecule is Cn1cnc(S(=O)(=O)N2CCN(C(=O)c3ccc(F)cc3)CC2)c1Cl. The van der Waals surface area contributed by atoms with Crippen LogP contribution in [0, 0.1) is 5.82 Å². The van der Waals surface area contributed by atoms with Gasteiger partial charge in [0.05, 0.1) is 6.33 Å². The minimum absolute atomic E-state index is 0.0461.